The van der Waals surface area contributed by atoms with E-state index in [2.05, 4.69) is 5.32 Å². The summed E-state index contributed by atoms with van der Waals surface area (Å²) in [6.07, 6.45) is 3.78. The minimum absolute atomic E-state index is 0.0174. The number of carbonyl (C=O) groups excluding carboxylic acids is 2. The van der Waals surface area contributed by atoms with Crippen LogP contribution in [-0.4, -0.2) is 55.0 Å². The topological polar surface area (TPSA) is 86.8 Å². The van der Waals surface area contributed by atoms with E-state index in [0.29, 0.717) is 11.3 Å². The van der Waals surface area contributed by atoms with Crippen molar-refractivity contribution in [1.29, 1.82) is 0 Å². The molecule has 0 radical (unpaired) electrons. The Bertz CT molecular complexity index is 914. The second kappa shape index (κ2) is 8.02. The standard InChI is InChI=1S/C20H28FN3O4S/c1-4-29(27,28)23-12-18(25)24(17-10-9-15(21)11-14(17)2)20(3,13-23)19(26)22-16-7-5-6-8-16/h9-11,16H,4-8,12-13H2,1-3H3,(H,22,26). The van der Waals surface area contributed by atoms with Crippen LogP contribution in [0.4, 0.5) is 10.1 Å². The van der Waals surface area contributed by atoms with Gasteiger partial charge in [0.25, 0.3) is 0 Å². The van der Waals surface area contributed by atoms with E-state index in [9.17, 15) is 22.4 Å². The van der Waals surface area contributed by atoms with E-state index in [4.69, 9.17) is 0 Å². The van der Waals surface area contributed by atoms with E-state index >= 15 is 0 Å². The van der Waals surface area contributed by atoms with Crippen LogP contribution in [0.15, 0.2) is 18.2 Å². The Balaban J connectivity index is 2.04. The first-order valence-corrected chi connectivity index (χ1v) is 11.6. The van der Waals surface area contributed by atoms with E-state index in [1.54, 1.807) is 13.8 Å². The van der Waals surface area contributed by atoms with Gasteiger partial charge in [-0.25, -0.2) is 12.8 Å². The summed E-state index contributed by atoms with van der Waals surface area (Å²) < 4.78 is 39.7. The molecule has 160 valence electrons. The molecule has 29 heavy (non-hydrogen) atoms. The molecule has 2 aliphatic rings. The van der Waals surface area contributed by atoms with E-state index in [1.807, 2.05) is 0 Å². The fourth-order valence-electron chi connectivity index (χ4n) is 4.20. The van der Waals surface area contributed by atoms with E-state index in [0.717, 1.165) is 30.0 Å². The second-order valence-electron chi connectivity index (χ2n) is 8.06. The third kappa shape index (κ3) is 4.16. The number of amides is 2. The fraction of sp³-hybridized carbons (Fsp3) is 0.600. The molecule has 1 aliphatic heterocycles. The summed E-state index contributed by atoms with van der Waals surface area (Å²) in [5.74, 6) is -1.50. The number of nitrogens with one attached hydrogen (secondary N) is 1. The van der Waals surface area contributed by atoms with Crippen molar-refractivity contribution in [1.82, 2.24) is 9.62 Å². The van der Waals surface area contributed by atoms with Crippen molar-refractivity contribution in [3.63, 3.8) is 0 Å². The summed E-state index contributed by atoms with van der Waals surface area (Å²) in [5, 5.41) is 3.00. The molecule has 0 aromatic heterocycles. The second-order valence-corrected chi connectivity index (χ2v) is 10.3. The van der Waals surface area contributed by atoms with Gasteiger partial charge in [-0.05, 0) is 57.4 Å². The molecule has 1 aliphatic carbocycles. The molecule has 7 nitrogen and oxygen atoms in total. The maximum atomic E-state index is 13.6. The van der Waals surface area contributed by atoms with Crippen molar-refractivity contribution in [2.75, 3.05) is 23.7 Å². The zero-order valence-electron chi connectivity index (χ0n) is 17.1. The van der Waals surface area contributed by atoms with Crippen LogP contribution >= 0.6 is 0 Å². The largest absolute Gasteiger partial charge is 0.351 e. The van der Waals surface area contributed by atoms with Gasteiger partial charge in [0.1, 0.15) is 11.4 Å². The highest BCUT2D eigenvalue weighted by Crippen LogP contribution is 2.33. The van der Waals surface area contributed by atoms with Crippen LogP contribution in [-0.2, 0) is 19.6 Å². The Hall–Kier alpha value is -2.00. The average Bonchev–Trinajstić information content (AvgIpc) is 3.15. The Kier molecular flexibility index (Phi) is 6.01. The van der Waals surface area contributed by atoms with Gasteiger partial charge in [-0.15, -0.1) is 0 Å². The van der Waals surface area contributed by atoms with Gasteiger partial charge in [-0.2, -0.15) is 4.31 Å². The van der Waals surface area contributed by atoms with Crippen molar-refractivity contribution in [2.24, 2.45) is 0 Å². The van der Waals surface area contributed by atoms with Crippen molar-refractivity contribution < 1.29 is 22.4 Å². The zero-order chi connectivity index (χ0) is 21.4. The molecule has 1 aromatic carbocycles. The summed E-state index contributed by atoms with van der Waals surface area (Å²) in [4.78, 5) is 27.8. The Morgan fingerprint density at radius 1 is 1.31 bits per heavy atom. The monoisotopic (exact) mass is 425 g/mol. The van der Waals surface area contributed by atoms with Crippen LogP contribution in [0, 0.1) is 12.7 Å². The summed E-state index contributed by atoms with van der Waals surface area (Å²) >= 11 is 0. The molecule has 0 bridgehead atoms. The molecule has 1 atom stereocenters. The Morgan fingerprint density at radius 2 is 1.97 bits per heavy atom. The molecule has 2 fully saturated rings. The van der Waals surface area contributed by atoms with Gasteiger partial charge in [0.15, 0.2) is 0 Å². The van der Waals surface area contributed by atoms with Gasteiger partial charge in [-0.1, -0.05) is 12.8 Å². The van der Waals surface area contributed by atoms with Crippen molar-refractivity contribution in [3.05, 3.63) is 29.6 Å². The van der Waals surface area contributed by atoms with Crippen LogP contribution in [0.2, 0.25) is 0 Å². The number of hydrogen-bond donors (Lipinski definition) is 1. The predicted molar refractivity (Wildman–Crippen MR) is 108 cm³/mol. The van der Waals surface area contributed by atoms with E-state index in [-0.39, 0.29) is 24.9 Å². The molecular formula is C20H28FN3O4S. The Morgan fingerprint density at radius 3 is 2.55 bits per heavy atom. The lowest BCUT2D eigenvalue weighted by molar-refractivity contribution is -0.133. The first-order valence-electron chi connectivity index (χ1n) is 9.96. The number of rotatable bonds is 5. The first kappa shape index (κ1) is 21.7. The molecule has 3 rings (SSSR count). The van der Waals surface area contributed by atoms with Crippen LogP contribution in [0.3, 0.4) is 0 Å². The van der Waals surface area contributed by atoms with E-state index in [1.165, 1.54) is 30.0 Å². The van der Waals surface area contributed by atoms with Crippen LogP contribution < -0.4 is 10.2 Å². The highest BCUT2D eigenvalue weighted by Gasteiger charge is 2.51. The number of carbonyl (C=O) groups is 2. The highest BCUT2D eigenvalue weighted by molar-refractivity contribution is 7.89. The number of nitrogens with zero attached hydrogens (tertiary/aromatic N) is 2. The van der Waals surface area contributed by atoms with Crippen LogP contribution in [0.1, 0.15) is 45.1 Å². The van der Waals surface area contributed by atoms with E-state index < -0.39 is 33.2 Å². The van der Waals surface area contributed by atoms with Crippen molar-refractivity contribution in [3.8, 4) is 0 Å². The minimum Gasteiger partial charge on any atom is -0.351 e. The molecule has 1 aromatic rings. The number of piperazine rings is 1. The Labute approximate surface area is 171 Å². The maximum Gasteiger partial charge on any atom is 0.247 e. The molecule has 0 spiro atoms. The summed E-state index contributed by atoms with van der Waals surface area (Å²) in [7, 11) is -3.66. The molecule has 1 saturated carbocycles. The van der Waals surface area contributed by atoms with Crippen LogP contribution in [0.25, 0.3) is 0 Å². The third-order valence-electron chi connectivity index (χ3n) is 5.88. The SMILES string of the molecule is CCS(=O)(=O)N1CC(=O)N(c2ccc(F)cc2C)C(C)(C(=O)NC2CCCC2)C1. The normalized spacial score (nSPS) is 24.1. The fourth-order valence-corrected chi connectivity index (χ4v) is 5.32. The lowest BCUT2D eigenvalue weighted by Gasteiger charge is -2.47. The van der Waals surface area contributed by atoms with Gasteiger partial charge in [-0.3, -0.25) is 14.5 Å². The molecule has 9 heteroatoms. The predicted octanol–water partition coefficient (Wildman–Crippen LogP) is 1.95. The van der Waals surface area contributed by atoms with Crippen molar-refractivity contribution in [2.45, 2.75) is 58.0 Å². The number of hydrogen-bond acceptors (Lipinski definition) is 4. The minimum atomic E-state index is -3.66. The summed E-state index contributed by atoms with van der Waals surface area (Å²) in [6.45, 7) is 4.25. The van der Waals surface area contributed by atoms with Crippen molar-refractivity contribution >= 4 is 27.5 Å². The quantitative estimate of drug-likeness (QED) is 0.781. The number of sulfonamides is 1. The molecule has 1 N–H and O–H groups in total. The zero-order valence-corrected chi connectivity index (χ0v) is 17.9. The lowest BCUT2D eigenvalue weighted by Crippen LogP contribution is -2.71. The number of benzene rings is 1. The molecular weight excluding hydrogens is 397 g/mol. The molecule has 1 saturated heterocycles. The number of anilines is 1. The molecule has 1 heterocycles. The lowest BCUT2D eigenvalue weighted by atomic mass is 9.93. The van der Waals surface area contributed by atoms with Gasteiger partial charge < -0.3 is 5.32 Å². The summed E-state index contributed by atoms with van der Waals surface area (Å²) in [5.41, 5.74) is -0.526. The molecule has 1 unspecified atom stereocenters. The molecule has 2 amide bonds. The highest BCUT2D eigenvalue weighted by atomic mass is 32.2. The smallest absolute Gasteiger partial charge is 0.247 e. The van der Waals surface area contributed by atoms with Gasteiger partial charge in [0.05, 0.1) is 12.3 Å². The summed E-state index contributed by atoms with van der Waals surface area (Å²) in [6, 6.07) is 4.02. The van der Waals surface area contributed by atoms with Gasteiger partial charge >= 0.3 is 0 Å². The number of halogens is 1. The third-order valence-corrected chi connectivity index (χ3v) is 7.65. The van der Waals surface area contributed by atoms with Gasteiger partial charge in [0, 0.05) is 18.3 Å². The first-order chi connectivity index (χ1) is 13.6. The average molecular weight is 426 g/mol. The number of aryl methyl sites for hydroxylation is 1. The van der Waals surface area contributed by atoms with Gasteiger partial charge in [0.2, 0.25) is 21.8 Å². The van der Waals surface area contributed by atoms with Crippen LogP contribution in [0.5, 0.6) is 0 Å². The maximum absolute atomic E-state index is 13.6.